The molecule has 0 saturated heterocycles. The van der Waals surface area contributed by atoms with Gasteiger partial charge in [0.1, 0.15) is 5.82 Å². The van der Waals surface area contributed by atoms with Crippen LogP contribution in [0.1, 0.15) is 22.3 Å². The largest absolute Gasteiger partial charge is 0.416 e. The molecule has 0 fully saturated rings. The third-order valence-corrected chi connectivity index (χ3v) is 6.27. The summed E-state index contributed by atoms with van der Waals surface area (Å²) in [5, 5.41) is 0.666. The number of halogens is 7. The number of aromatic nitrogens is 1. The van der Waals surface area contributed by atoms with E-state index in [0.717, 1.165) is 16.5 Å². The number of carbonyl (C=O) groups excluding carboxylic acids is 1. The highest BCUT2D eigenvalue weighted by atomic mass is 19.4. The van der Waals surface area contributed by atoms with Gasteiger partial charge in [-0.15, -0.1) is 0 Å². The van der Waals surface area contributed by atoms with Crippen LogP contribution < -0.4 is 10.3 Å². The van der Waals surface area contributed by atoms with Gasteiger partial charge >= 0.3 is 18.4 Å². The standard InChI is InChI=1S/C28H21F7N2O3/c1-15-10-19(29)8-9-20(15)23-21-6-4-5-7-22(21)24(38)37(3)25(23)40-26(39)36(2)14-16-11-17(27(30,31)32)13-18(12-16)28(33,34)35/h4-13H,14H2,1-3H3. The lowest BCUT2D eigenvalue weighted by atomic mass is 9.96. The van der Waals surface area contributed by atoms with E-state index in [4.69, 9.17) is 4.74 Å². The minimum Gasteiger partial charge on any atom is -0.392 e. The van der Waals surface area contributed by atoms with Gasteiger partial charge in [-0.3, -0.25) is 9.36 Å². The first-order chi connectivity index (χ1) is 18.6. The van der Waals surface area contributed by atoms with Gasteiger partial charge in [0.15, 0.2) is 0 Å². The molecule has 0 saturated carbocycles. The van der Waals surface area contributed by atoms with Crippen LogP contribution in [-0.2, 0) is 25.9 Å². The zero-order chi connectivity index (χ0) is 29.6. The molecule has 1 amide bonds. The summed E-state index contributed by atoms with van der Waals surface area (Å²) in [7, 11) is 2.46. The molecule has 12 heteroatoms. The van der Waals surface area contributed by atoms with E-state index in [1.54, 1.807) is 31.2 Å². The molecule has 5 nitrogen and oxygen atoms in total. The van der Waals surface area contributed by atoms with Crippen LogP contribution >= 0.6 is 0 Å². The lowest BCUT2D eigenvalue weighted by molar-refractivity contribution is -0.143. The maximum absolute atomic E-state index is 13.9. The van der Waals surface area contributed by atoms with Gasteiger partial charge < -0.3 is 9.64 Å². The van der Waals surface area contributed by atoms with E-state index in [2.05, 4.69) is 0 Å². The lowest BCUT2D eigenvalue weighted by Crippen LogP contribution is -2.32. The molecule has 0 aliphatic heterocycles. The van der Waals surface area contributed by atoms with Crippen molar-refractivity contribution in [1.29, 1.82) is 0 Å². The van der Waals surface area contributed by atoms with Crippen molar-refractivity contribution in [2.24, 2.45) is 7.05 Å². The number of fused-ring (bicyclic) bond motifs is 1. The van der Waals surface area contributed by atoms with Gasteiger partial charge in [0, 0.05) is 31.4 Å². The molecule has 4 aromatic rings. The Balaban J connectivity index is 1.77. The zero-order valence-corrected chi connectivity index (χ0v) is 21.2. The van der Waals surface area contributed by atoms with Crippen LogP contribution in [0.4, 0.5) is 35.5 Å². The summed E-state index contributed by atoms with van der Waals surface area (Å²) >= 11 is 0. The zero-order valence-electron chi connectivity index (χ0n) is 21.2. The minimum absolute atomic E-state index is 0.00994. The van der Waals surface area contributed by atoms with E-state index in [0.29, 0.717) is 28.6 Å². The molecule has 0 atom stereocenters. The summed E-state index contributed by atoms with van der Waals surface area (Å²) in [6.45, 7) is 0.945. The van der Waals surface area contributed by atoms with Crippen molar-refractivity contribution < 1.29 is 40.3 Å². The highest BCUT2D eigenvalue weighted by molar-refractivity contribution is 6.00. The smallest absolute Gasteiger partial charge is 0.392 e. The number of hydrogen-bond donors (Lipinski definition) is 0. The van der Waals surface area contributed by atoms with Gasteiger partial charge in [-0.1, -0.05) is 24.3 Å². The van der Waals surface area contributed by atoms with E-state index in [9.17, 15) is 40.3 Å². The Labute approximate surface area is 223 Å². The Hall–Kier alpha value is -4.35. The van der Waals surface area contributed by atoms with E-state index in [-0.39, 0.29) is 22.9 Å². The number of hydrogen-bond acceptors (Lipinski definition) is 3. The molecule has 0 N–H and O–H groups in total. The van der Waals surface area contributed by atoms with Gasteiger partial charge in [0.25, 0.3) is 5.56 Å². The Morgan fingerprint density at radius 1 is 0.900 bits per heavy atom. The molecule has 0 aliphatic rings. The number of ether oxygens (including phenoxy) is 1. The molecule has 0 aliphatic carbocycles. The summed E-state index contributed by atoms with van der Waals surface area (Å²) in [6.07, 6.45) is -11.3. The molecule has 210 valence electrons. The van der Waals surface area contributed by atoms with Crippen LogP contribution in [0.5, 0.6) is 5.88 Å². The first-order valence-corrected chi connectivity index (χ1v) is 11.7. The molecule has 0 spiro atoms. The Morgan fingerprint density at radius 3 is 2.02 bits per heavy atom. The second-order valence-corrected chi connectivity index (χ2v) is 9.19. The number of pyridine rings is 1. The monoisotopic (exact) mass is 566 g/mol. The van der Waals surface area contributed by atoms with Crippen LogP contribution in [0.2, 0.25) is 0 Å². The van der Waals surface area contributed by atoms with E-state index in [1.807, 2.05) is 0 Å². The maximum atomic E-state index is 13.9. The summed E-state index contributed by atoms with van der Waals surface area (Å²) in [5.74, 6) is -0.761. The first-order valence-electron chi connectivity index (χ1n) is 11.7. The van der Waals surface area contributed by atoms with E-state index in [1.165, 1.54) is 25.2 Å². The molecule has 40 heavy (non-hydrogen) atoms. The number of carbonyl (C=O) groups is 1. The maximum Gasteiger partial charge on any atom is 0.416 e. The van der Waals surface area contributed by atoms with Gasteiger partial charge in [-0.05, 0) is 60.0 Å². The molecule has 0 radical (unpaired) electrons. The lowest BCUT2D eigenvalue weighted by Gasteiger charge is -2.22. The Kier molecular flexibility index (Phi) is 7.39. The molecule has 4 rings (SSSR count). The van der Waals surface area contributed by atoms with Crippen LogP contribution in [0, 0.1) is 12.7 Å². The van der Waals surface area contributed by atoms with Gasteiger partial charge in [-0.25, -0.2) is 9.18 Å². The number of amides is 1. The van der Waals surface area contributed by atoms with Crippen molar-refractivity contribution in [3.05, 3.63) is 99.1 Å². The molecule has 3 aromatic carbocycles. The Bertz CT molecular complexity index is 1640. The fourth-order valence-corrected chi connectivity index (χ4v) is 4.34. The van der Waals surface area contributed by atoms with Crippen molar-refractivity contribution in [1.82, 2.24) is 9.47 Å². The highest BCUT2D eigenvalue weighted by Gasteiger charge is 2.37. The van der Waals surface area contributed by atoms with Crippen LogP contribution in [-0.4, -0.2) is 22.6 Å². The minimum atomic E-state index is -5.06. The molecule has 1 aromatic heterocycles. The predicted octanol–water partition coefficient (Wildman–Crippen LogP) is 7.32. The molecule has 1 heterocycles. The number of benzene rings is 3. The summed E-state index contributed by atoms with van der Waals surface area (Å²) in [5.41, 5.74) is -2.85. The van der Waals surface area contributed by atoms with Crippen molar-refractivity contribution >= 4 is 16.9 Å². The molecule has 0 unspecified atom stereocenters. The fraction of sp³-hybridized carbons (Fsp3) is 0.214. The number of nitrogens with zero attached hydrogens (tertiary/aromatic N) is 2. The Morgan fingerprint density at radius 2 is 1.48 bits per heavy atom. The second-order valence-electron chi connectivity index (χ2n) is 9.19. The summed E-state index contributed by atoms with van der Waals surface area (Å²) < 4.78 is 100. The second kappa shape index (κ2) is 10.3. The normalized spacial score (nSPS) is 12.1. The third-order valence-electron chi connectivity index (χ3n) is 6.27. The molecular formula is C28H21F7N2O3. The van der Waals surface area contributed by atoms with Gasteiger partial charge in [-0.2, -0.15) is 26.3 Å². The van der Waals surface area contributed by atoms with Crippen LogP contribution in [0.15, 0.2) is 65.5 Å². The van der Waals surface area contributed by atoms with Crippen molar-refractivity contribution in [3.63, 3.8) is 0 Å². The molecule has 0 bridgehead atoms. The van der Waals surface area contributed by atoms with E-state index >= 15 is 0 Å². The molecular weight excluding hydrogens is 545 g/mol. The number of aryl methyl sites for hydroxylation is 1. The third kappa shape index (κ3) is 5.65. The summed E-state index contributed by atoms with van der Waals surface area (Å²) in [6, 6.07) is 11.3. The van der Waals surface area contributed by atoms with E-state index < -0.39 is 53.1 Å². The number of rotatable bonds is 4. The van der Waals surface area contributed by atoms with Gasteiger partial charge in [0.2, 0.25) is 5.88 Å². The average molecular weight is 566 g/mol. The van der Waals surface area contributed by atoms with Crippen molar-refractivity contribution in [3.8, 4) is 17.0 Å². The van der Waals surface area contributed by atoms with Crippen LogP contribution in [0.25, 0.3) is 21.9 Å². The quantitative estimate of drug-likeness (QED) is 0.243. The van der Waals surface area contributed by atoms with Gasteiger partial charge in [0.05, 0.1) is 16.7 Å². The summed E-state index contributed by atoms with van der Waals surface area (Å²) in [4.78, 5) is 26.9. The average Bonchev–Trinajstić information content (AvgIpc) is 2.86. The van der Waals surface area contributed by atoms with Crippen LogP contribution in [0.3, 0.4) is 0 Å². The highest BCUT2D eigenvalue weighted by Crippen LogP contribution is 2.38. The number of alkyl halides is 6. The first kappa shape index (κ1) is 28.7. The topological polar surface area (TPSA) is 51.5 Å². The predicted molar refractivity (Wildman–Crippen MR) is 133 cm³/mol. The fourth-order valence-electron chi connectivity index (χ4n) is 4.34. The van der Waals surface area contributed by atoms with Crippen molar-refractivity contribution in [2.75, 3.05) is 7.05 Å². The van der Waals surface area contributed by atoms with Crippen molar-refractivity contribution in [2.45, 2.75) is 25.8 Å². The SMILES string of the molecule is Cc1cc(F)ccc1-c1c(OC(=O)N(C)Cc2cc(C(F)(F)F)cc(C(F)(F)F)c2)n(C)c(=O)c2ccccc12.